The van der Waals surface area contributed by atoms with E-state index in [4.69, 9.17) is 4.74 Å². The molecule has 3 aromatic rings. The molecule has 0 fully saturated rings. The molecule has 0 amide bonds. The first-order chi connectivity index (χ1) is 16.8. The minimum absolute atomic E-state index is 0.00500. The molecular weight excluding hydrogens is 458 g/mol. The second kappa shape index (κ2) is 11.7. The van der Waals surface area contributed by atoms with Crippen LogP contribution in [0.15, 0.2) is 84.6 Å². The van der Waals surface area contributed by atoms with Crippen molar-refractivity contribution in [1.82, 2.24) is 0 Å². The quantitative estimate of drug-likeness (QED) is 0.220. The van der Waals surface area contributed by atoms with E-state index in [0.717, 1.165) is 16.7 Å². The molecule has 0 saturated heterocycles. The summed E-state index contributed by atoms with van der Waals surface area (Å²) < 4.78 is 40.6. The van der Waals surface area contributed by atoms with Crippen molar-refractivity contribution in [3.05, 3.63) is 101 Å². The largest absolute Gasteiger partial charge is 0.466 e. The van der Waals surface area contributed by atoms with Gasteiger partial charge in [-0.2, -0.15) is 8.78 Å². The van der Waals surface area contributed by atoms with Gasteiger partial charge in [0.2, 0.25) is 0 Å². The first-order valence-electron chi connectivity index (χ1n) is 10.7. The van der Waals surface area contributed by atoms with Gasteiger partial charge in [-0.05, 0) is 61.4 Å². The predicted molar refractivity (Wildman–Crippen MR) is 124 cm³/mol. The van der Waals surface area contributed by atoms with Crippen molar-refractivity contribution in [1.29, 1.82) is 0 Å². The third kappa shape index (κ3) is 7.07. The standard InChI is InChI=1S/C27H22F2O6/c1-3-33-24(30)16-23(25(28)29)35-27(32)21-12-14-22(15-13-21)34-26(31)20-10-8-19(9-11-20)18-6-4-17(2)5-7-18/h4-15H,3,16H2,1-2H3. The van der Waals surface area contributed by atoms with Crippen molar-refractivity contribution in [2.75, 3.05) is 6.61 Å². The van der Waals surface area contributed by atoms with Gasteiger partial charge in [0.25, 0.3) is 0 Å². The summed E-state index contributed by atoms with van der Waals surface area (Å²) in [6, 6.07) is 20.1. The van der Waals surface area contributed by atoms with Crippen LogP contribution in [0.5, 0.6) is 5.75 Å². The molecule has 0 unspecified atom stereocenters. The number of hydrogen-bond acceptors (Lipinski definition) is 6. The zero-order valence-corrected chi connectivity index (χ0v) is 19.0. The van der Waals surface area contributed by atoms with Gasteiger partial charge in [0.05, 0.1) is 17.7 Å². The van der Waals surface area contributed by atoms with Gasteiger partial charge in [0.15, 0.2) is 5.76 Å². The number of halogens is 2. The Morgan fingerprint density at radius 1 is 0.743 bits per heavy atom. The van der Waals surface area contributed by atoms with E-state index in [1.54, 1.807) is 12.1 Å². The highest BCUT2D eigenvalue weighted by atomic mass is 19.3. The van der Waals surface area contributed by atoms with Crippen LogP contribution in [0.1, 0.15) is 39.6 Å². The first kappa shape index (κ1) is 25.3. The highest BCUT2D eigenvalue weighted by Gasteiger charge is 2.19. The van der Waals surface area contributed by atoms with Crippen molar-refractivity contribution < 1.29 is 37.4 Å². The number of carbonyl (C=O) groups is 3. The molecule has 3 rings (SSSR count). The molecule has 0 saturated carbocycles. The molecule has 35 heavy (non-hydrogen) atoms. The molecule has 0 N–H and O–H groups in total. The number of ether oxygens (including phenoxy) is 3. The van der Waals surface area contributed by atoms with E-state index in [1.807, 2.05) is 43.3 Å². The lowest BCUT2D eigenvalue weighted by molar-refractivity contribution is -0.142. The fourth-order valence-corrected chi connectivity index (χ4v) is 3.03. The normalized spacial score (nSPS) is 10.3. The van der Waals surface area contributed by atoms with E-state index in [1.165, 1.54) is 31.2 Å². The lowest BCUT2D eigenvalue weighted by Crippen LogP contribution is -2.12. The Morgan fingerprint density at radius 2 is 1.26 bits per heavy atom. The summed E-state index contributed by atoms with van der Waals surface area (Å²) in [5, 5.41) is 0. The van der Waals surface area contributed by atoms with Crippen LogP contribution < -0.4 is 4.74 Å². The molecule has 0 aliphatic carbocycles. The second-order valence-electron chi connectivity index (χ2n) is 7.41. The van der Waals surface area contributed by atoms with E-state index in [-0.39, 0.29) is 17.9 Å². The van der Waals surface area contributed by atoms with Gasteiger partial charge in [-0.1, -0.05) is 42.0 Å². The van der Waals surface area contributed by atoms with Crippen LogP contribution in [0.3, 0.4) is 0 Å². The van der Waals surface area contributed by atoms with E-state index < -0.39 is 36.2 Å². The maximum absolute atomic E-state index is 13.0. The number of esters is 3. The summed E-state index contributed by atoms with van der Waals surface area (Å²) in [7, 11) is 0. The number of rotatable bonds is 8. The van der Waals surface area contributed by atoms with Gasteiger partial charge >= 0.3 is 24.0 Å². The van der Waals surface area contributed by atoms with E-state index >= 15 is 0 Å². The number of hydrogen-bond donors (Lipinski definition) is 0. The highest BCUT2D eigenvalue weighted by Crippen LogP contribution is 2.22. The monoisotopic (exact) mass is 480 g/mol. The van der Waals surface area contributed by atoms with Crippen LogP contribution in [0.25, 0.3) is 11.1 Å². The van der Waals surface area contributed by atoms with Gasteiger partial charge in [-0.15, -0.1) is 0 Å². The molecule has 180 valence electrons. The summed E-state index contributed by atoms with van der Waals surface area (Å²) in [5.74, 6) is -3.58. The molecule has 0 aromatic heterocycles. The Hall–Kier alpha value is -4.33. The van der Waals surface area contributed by atoms with Crippen molar-refractivity contribution in [2.45, 2.75) is 20.3 Å². The molecule has 0 heterocycles. The lowest BCUT2D eigenvalue weighted by atomic mass is 10.0. The Labute approximate surface area is 200 Å². The molecule has 6 nitrogen and oxygen atoms in total. The fourth-order valence-electron chi connectivity index (χ4n) is 3.03. The van der Waals surface area contributed by atoms with Gasteiger partial charge < -0.3 is 14.2 Å². The van der Waals surface area contributed by atoms with Crippen LogP contribution in [0.4, 0.5) is 8.78 Å². The summed E-state index contributed by atoms with van der Waals surface area (Å²) in [4.78, 5) is 36.0. The highest BCUT2D eigenvalue weighted by molar-refractivity contribution is 5.92. The lowest BCUT2D eigenvalue weighted by Gasteiger charge is -2.09. The maximum atomic E-state index is 13.0. The smallest absolute Gasteiger partial charge is 0.343 e. The number of aryl methyl sites for hydroxylation is 1. The molecule has 0 radical (unpaired) electrons. The average Bonchev–Trinajstić information content (AvgIpc) is 2.84. The van der Waals surface area contributed by atoms with Crippen LogP contribution in [0.2, 0.25) is 0 Å². The van der Waals surface area contributed by atoms with Crippen LogP contribution >= 0.6 is 0 Å². The molecule has 3 aromatic carbocycles. The number of carbonyl (C=O) groups excluding carboxylic acids is 3. The Balaban J connectivity index is 1.61. The van der Waals surface area contributed by atoms with Crippen molar-refractivity contribution >= 4 is 17.9 Å². The molecule has 8 heteroatoms. The van der Waals surface area contributed by atoms with Gasteiger partial charge in [-0.25, -0.2) is 9.59 Å². The first-order valence-corrected chi connectivity index (χ1v) is 10.7. The summed E-state index contributed by atoms with van der Waals surface area (Å²) >= 11 is 0. The van der Waals surface area contributed by atoms with Crippen LogP contribution in [-0.4, -0.2) is 24.5 Å². The Bertz CT molecular complexity index is 1230. The molecular formula is C27H22F2O6. The molecule has 0 spiro atoms. The van der Waals surface area contributed by atoms with E-state index in [9.17, 15) is 23.2 Å². The summed E-state index contributed by atoms with van der Waals surface area (Å²) in [5.41, 5.74) is 3.37. The molecule has 0 aliphatic heterocycles. The average molecular weight is 480 g/mol. The van der Waals surface area contributed by atoms with E-state index in [0.29, 0.717) is 5.56 Å². The van der Waals surface area contributed by atoms with Crippen LogP contribution in [-0.2, 0) is 14.3 Å². The Kier molecular flexibility index (Phi) is 8.45. The third-order valence-corrected chi connectivity index (χ3v) is 4.84. The van der Waals surface area contributed by atoms with Crippen LogP contribution in [0, 0.1) is 6.92 Å². The minimum atomic E-state index is -2.30. The van der Waals surface area contributed by atoms with Crippen molar-refractivity contribution in [3.63, 3.8) is 0 Å². The molecule has 0 atom stereocenters. The fraction of sp³-hybridized carbons (Fsp3) is 0.148. The zero-order valence-electron chi connectivity index (χ0n) is 19.0. The second-order valence-corrected chi connectivity index (χ2v) is 7.41. The summed E-state index contributed by atoms with van der Waals surface area (Å²) in [6.07, 6.45) is -3.18. The van der Waals surface area contributed by atoms with E-state index in [2.05, 4.69) is 9.47 Å². The van der Waals surface area contributed by atoms with Crippen molar-refractivity contribution in [2.24, 2.45) is 0 Å². The van der Waals surface area contributed by atoms with Gasteiger partial charge in [0.1, 0.15) is 12.2 Å². The Morgan fingerprint density at radius 3 is 1.80 bits per heavy atom. The van der Waals surface area contributed by atoms with Gasteiger partial charge in [-0.3, -0.25) is 4.79 Å². The van der Waals surface area contributed by atoms with Gasteiger partial charge in [0, 0.05) is 0 Å². The number of benzene rings is 3. The topological polar surface area (TPSA) is 78.9 Å². The SMILES string of the molecule is CCOC(=O)CC(OC(=O)c1ccc(OC(=O)c2ccc(-c3ccc(C)cc3)cc2)cc1)=C(F)F. The molecule has 0 aliphatic rings. The molecule has 0 bridgehead atoms. The minimum Gasteiger partial charge on any atom is -0.466 e. The predicted octanol–water partition coefficient (Wildman–Crippen LogP) is 6.10. The summed E-state index contributed by atoms with van der Waals surface area (Å²) in [6.45, 7) is 3.53. The zero-order chi connectivity index (χ0) is 25.4. The maximum Gasteiger partial charge on any atom is 0.343 e. The van der Waals surface area contributed by atoms with Crippen molar-refractivity contribution in [3.8, 4) is 16.9 Å². The third-order valence-electron chi connectivity index (χ3n) is 4.84.